The predicted molar refractivity (Wildman–Crippen MR) is 133 cm³/mol. The van der Waals surface area contributed by atoms with Gasteiger partial charge in [0.15, 0.2) is 34.8 Å². The Morgan fingerprint density at radius 1 is 0.730 bits per heavy atom. The summed E-state index contributed by atoms with van der Waals surface area (Å²) in [6.07, 6.45) is 4.39. The van der Waals surface area contributed by atoms with Gasteiger partial charge in [-0.2, -0.15) is 4.39 Å². The van der Waals surface area contributed by atoms with Crippen molar-refractivity contribution in [1.29, 1.82) is 0 Å². The third kappa shape index (κ3) is 6.08. The zero-order valence-electron chi connectivity index (χ0n) is 21.1. The van der Waals surface area contributed by atoms with Gasteiger partial charge in [0.1, 0.15) is 6.61 Å². The lowest BCUT2D eigenvalue weighted by atomic mass is 9.76. The number of unbranched alkanes of at least 4 members (excludes halogenated alkanes) is 1. The largest absolute Gasteiger partial charge is 0.490 e. The van der Waals surface area contributed by atoms with E-state index in [9.17, 15) is 22.0 Å². The van der Waals surface area contributed by atoms with Gasteiger partial charge in [-0.25, -0.2) is 17.6 Å². The van der Waals surface area contributed by atoms with Crippen LogP contribution in [-0.2, 0) is 6.61 Å². The molecule has 4 rings (SSSR count). The lowest BCUT2D eigenvalue weighted by Crippen LogP contribution is -2.14. The van der Waals surface area contributed by atoms with Crippen molar-refractivity contribution < 1.29 is 31.4 Å². The molecule has 2 nitrogen and oxygen atoms in total. The Kier molecular flexibility index (Phi) is 8.72. The van der Waals surface area contributed by atoms with E-state index in [1.165, 1.54) is 31.2 Å². The number of benzene rings is 3. The molecule has 198 valence electrons. The van der Waals surface area contributed by atoms with E-state index in [0.29, 0.717) is 25.0 Å². The van der Waals surface area contributed by atoms with E-state index in [2.05, 4.69) is 0 Å². The van der Waals surface area contributed by atoms with Crippen LogP contribution in [0.1, 0.15) is 79.5 Å². The van der Waals surface area contributed by atoms with Gasteiger partial charge in [-0.05, 0) is 91.8 Å². The Labute approximate surface area is 214 Å². The first kappa shape index (κ1) is 27.0. The van der Waals surface area contributed by atoms with Crippen LogP contribution in [0.2, 0.25) is 0 Å². The molecule has 3 aromatic carbocycles. The van der Waals surface area contributed by atoms with Crippen molar-refractivity contribution in [1.82, 2.24) is 0 Å². The second-order valence-corrected chi connectivity index (χ2v) is 9.68. The average Bonchev–Trinajstić information content (AvgIpc) is 2.90. The molecule has 0 unspecified atom stereocenters. The summed E-state index contributed by atoms with van der Waals surface area (Å²) in [5, 5.41) is 0. The van der Waals surface area contributed by atoms with Crippen molar-refractivity contribution in [3.8, 4) is 11.5 Å². The van der Waals surface area contributed by atoms with E-state index in [4.69, 9.17) is 9.47 Å². The van der Waals surface area contributed by atoms with Gasteiger partial charge in [-0.3, -0.25) is 0 Å². The van der Waals surface area contributed by atoms with Gasteiger partial charge < -0.3 is 9.47 Å². The molecular weight excluding hydrogens is 487 g/mol. The Morgan fingerprint density at radius 2 is 1.43 bits per heavy atom. The van der Waals surface area contributed by atoms with Gasteiger partial charge in [-0.1, -0.05) is 31.5 Å². The fourth-order valence-electron chi connectivity index (χ4n) is 4.88. The molecule has 0 spiro atoms. The van der Waals surface area contributed by atoms with E-state index in [1.54, 1.807) is 18.2 Å². The molecule has 0 N–H and O–H groups in total. The van der Waals surface area contributed by atoms with Gasteiger partial charge in [-0.15, -0.1) is 0 Å². The van der Waals surface area contributed by atoms with Crippen molar-refractivity contribution in [2.24, 2.45) is 0 Å². The smallest absolute Gasteiger partial charge is 0.201 e. The zero-order chi connectivity index (χ0) is 26.5. The first-order valence-electron chi connectivity index (χ1n) is 12.8. The van der Waals surface area contributed by atoms with Crippen molar-refractivity contribution in [3.05, 3.63) is 93.8 Å². The zero-order valence-corrected chi connectivity index (χ0v) is 21.1. The van der Waals surface area contributed by atoms with Crippen molar-refractivity contribution in [2.75, 3.05) is 6.61 Å². The summed E-state index contributed by atoms with van der Waals surface area (Å²) in [4.78, 5) is 0. The third-order valence-corrected chi connectivity index (χ3v) is 7.17. The van der Waals surface area contributed by atoms with Gasteiger partial charge >= 0.3 is 0 Å². The van der Waals surface area contributed by atoms with Crippen LogP contribution in [-0.4, -0.2) is 6.61 Å². The van der Waals surface area contributed by atoms with Crippen LogP contribution in [0.3, 0.4) is 0 Å². The van der Waals surface area contributed by atoms with Crippen LogP contribution in [0.25, 0.3) is 0 Å². The molecule has 0 radical (unpaired) electrons. The Morgan fingerprint density at radius 3 is 2.14 bits per heavy atom. The maximum absolute atomic E-state index is 14.8. The molecule has 3 aromatic rings. The summed E-state index contributed by atoms with van der Waals surface area (Å²) in [6.45, 7) is 3.46. The molecule has 1 aliphatic rings. The minimum Gasteiger partial charge on any atom is -0.490 e. The van der Waals surface area contributed by atoms with E-state index < -0.39 is 29.1 Å². The molecule has 0 aliphatic heterocycles. The highest BCUT2D eigenvalue weighted by atomic mass is 19.2. The third-order valence-electron chi connectivity index (χ3n) is 7.17. The monoisotopic (exact) mass is 518 g/mol. The molecule has 0 aromatic heterocycles. The minimum atomic E-state index is -1.09. The molecule has 0 amide bonds. The Balaban J connectivity index is 1.36. The molecule has 0 saturated heterocycles. The summed E-state index contributed by atoms with van der Waals surface area (Å²) < 4.78 is 82.6. The summed E-state index contributed by atoms with van der Waals surface area (Å²) in [6, 6.07) is 10.6. The SMILES string of the molecule is CCCCOc1ccc(COc2ccc(C3CCC(c4ccc(C)c(F)c4F)CC3)cc2F)c(F)c1F. The molecule has 0 heterocycles. The van der Waals surface area contributed by atoms with Gasteiger partial charge in [0, 0.05) is 5.56 Å². The van der Waals surface area contributed by atoms with Crippen molar-refractivity contribution >= 4 is 0 Å². The van der Waals surface area contributed by atoms with Crippen LogP contribution in [0.5, 0.6) is 11.5 Å². The number of aryl methyl sites for hydroxylation is 1. The molecule has 1 saturated carbocycles. The first-order chi connectivity index (χ1) is 17.8. The first-order valence-corrected chi connectivity index (χ1v) is 12.8. The molecule has 1 fully saturated rings. The number of hydrogen-bond donors (Lipinski definition) is 0. The van der Waals surface area contributed by atoms with E-state index >= 15 is 0 Å². The van der Waals surface area contributed by atoms with Crippen LogP contribution in [0.4, 0.5) is 22.0 Å². The molecular formula is C30H31F5O2. The van der Waals surface area contributed by atoms with E-state index in [0.717, 1.165) is 31.2 Å². The highest BCUT2D eigenvalue weighted by Crippen LogP contribution is 2.42. The van der Waals surface area contributed by atoms with Crippen molar-refractivity contribution in [2.45, 2.75) is 70.8 Å². The number of rotatable bonds is 9. The Bertz CT molecular complexity index is 1240. The molecule has 0 bridgehead atoms. The highest BCUT2D eigenvalue weighted by molar-refractivity contribution is 5.34. The summed E-state index contributed by atoms with van der Waals surface area (Å²) in [5.41, 5.74) is 1.45. The maximum Gasteiger partial charge on any atom is 0.201 e. The number of hydrogen-bond acceptors (Lipinski definition) is 2. The van der Waals surface area contributed by atoms with Crippen LogP contribution in [0.15, 0.2) is 42.5 Å². The standard InChI is InChI=1S/C30H31F5O2/c1-3-4-15-36-26-14-11-22(28(33)30(26)35)17-37-25-13-10-21(16-24(25)31)19-6-8-20(9-7-19)23-12-5-18(2)27(32)29(23)34/h5,10-14,16,19-20H,3-4,6-9,15,17H2,1-2H3. The molecule has 1 aliphatic carbocycles. The maximum atomic E-state index is 14.8. The lowest BCUT2D eigenvalue weighted by Gasteiger charge is -2.29. The Hall–Kier alpha value is -3.09. The second-order valence-electron chi connectivity index (χ2n) is 9.68. The van der Waals surface area contributed by atoms with Crippen LogP contribution >= 0.6 is 0 Å². The van der Waals surface area contributed by atoms with Crippen LogP contribution < -0.4 is 9.47 Å². The topological polar surface area (TPSA) is 18.5 Å². The number of ether oxygens (including phenoxy) is 2. The molecule has 7 heteroatoms. The van der Waals surface area contributed by atoms with Crippen molar-refractivity contribution in [3.63, 3.8) is 0 Å². The quantitative estimate of drug-likeness (QED) is 0.208. The minimum absolute atomic E-state index is 0.0399. The molecule has 0 atom stereocenters. The summed E-state index contributed by atoms with van der Waals surface area (Å²) in [7, 11) is 0. The van der Waals surface area contributed by atoms with Crippen LogP contribution in [0, 0.1) is 36.0 Å². The fourth-order valence-corrected chi connectivity index (χ4v) is 4.88. The van der Waals surface area contributed by atoms with Gasteiger partial charge in [0.25, 0.3) is 0 Å². The van der Waals surface area contributed by atoms with Gasteiger partial charge in [0.2, 0.25) is 5.82 Å². The van der Waals surface area contributed by atoms with E-state index in [-0.39, 0.29) is 41.1 Å². The highest BCUT2D eigenvalue weighted by Gasteiger charge is 2.27. The predicted octanol–water partition coefficient (Wildman–Crippen LogP) is 8.89. The fraction of sp³-hybridized carbons (Fsp3) is 0.400. The average molecular weight is 519 g/mol. The lowest BCUT2D eigenvalue weighted by molar-refractivity contribution is 0.272. The molecule has 37 heavy (non-hydrogen) atoms. The van der Waals surface area contributed by atoms with Gasteiger partial charge in [0.05, 0.1) is 6.61 Å². The summed E-state index contributed by atoms with van der Waals surface area (Å²) in [5.74, 6) is -4.52. The second kappa shape index (κ2) is 12.0. The summed E-state index contributed by atoms with van der Waals surface area (Å²) >= 11 is 0. The normalized spacial score (nSPS) is 17.6. The van der Waals surface area contributed by atoms with E-state index in [1.807, 2.05) is 6.92 Å². The number of halogens is 5.